The number of halogens is 5. The zero-order valence-corrected chi connectivity index (χ0v) is 25.6. The molecule has 1 atom stereocenters. The van der Waals surface area contributed by atoms with Crippen molar-refractivity contribution in [3.63, 3.8) is 0 Å². The van der Waals surface area contributed by atoms with Crippen molar-refractivity contribution in [1.82, 2.24) is 15.1 Å². The second kappa shape index (κ2) is 14.3. The number of nitrogens with one attached hydrogen (secondary N) is 1. The molecule has 0 bridgehead atoms. The van der Waals surface area contributed by atoms with Crippen LogP contribution in [0, 0.1) is 11.8 Å². The number of hydrogen-bond acceptors (Lipinski definition) is 8. The summed E-state index contributed by atoms with van der Waals surface area (Å²) in [5.74, 6) is -15.9. The first kappa shape index (κ1) is 36.0. The van der Waals surface area contributed by atoms with E-state index in [4.69, 9.17) is 4.74 Å². The predicted molar refractivity (Wildman–Crippen MR) is 152 cm³/mol. The molecule has 3 rings (SSSR count). The maximum atomic E-state index is 14.9. The van der Waals surface area contributed by atoms with Crippen LogP contribution in [0.25, 0.3) is 0 Å². The van der Waals surface area contributed by atoms with E-state index in [2.05, 4.69) is 15.0 Å². The van der Waals surface area contributed by atoms with E-state index in [0.29, 0.717) is 33.2 Å². The standard InChI is InChI=1S/C30H33F5N4O7/c1-16(2)22(37-25(41)19-6-8-20(9-7-19)26(42)38-12-14-45-15-13-38)28(44)39(27(43)21-10-11-36-21)23(17(3)4)24(46-18(5)40)29(31,32)30(33,34)35/h6-11,16-17,22H,12-15H2,1-5H3,(H,37,41)/b24-23-/t22-/m0/s1. The Balaban J connectivity index is 2.04. The minimum Gasteiger partial charge on any atom is -0.422 e. The second-order valence-corrected chi connectivity index (χ2v) is 11.0. The summed E-state index contributed by atoms with van der Waals surface area (Å²) in [7, 11) is 0. The van der Waals surface area contributed by atoms with Crippen molar-refractivity contribution in [3.05, 3.63) is 59.1 Å². The highest BCUT2D eigenvalue weighted by atomic mass is 19.4. The number of hydrogen-bond donors (Lipinski definition) is 1. The van der Waals surface area contributed by atoms with Crippen molar-refractivity contribution < 1.29 is 55.4 Å². The minimum absolute atomic E-state index is 0.0232. The van der Waals surface area contributed by atoms with Crippen LogP contribution < -0.4 is 5.32 Å². The van der Waals surface area contributed by atoms with Gasteiger partial charge in [0.2, 0.25) is 5.76 Å². The molecule has 11 nitrogen and oxygen atoms in total. The molecule has 0 aromatic heterocycles. The highest BCUT2D eigenvalue weighted by Gasteiger charge is 2.64. The summed E-state index contributed by atoms with van der Waals surface area (Å²) in [5, 5.41) is 2.41. The highest BCUT2D eigenvalue weighted by Crippen LogP contribution is 2.44. The van der Waals surface area contributed by atoms with Gasteiger partial charge in [-0.2, -0.15) is 22.0 Å². The van der Waals surface area contributed by atoms with Crippen LogP contribution in [0.3, 0.4) is 0 Å². The lowest BCUT2D eigenvalue weighted by atomic mass is 9.97. The van der Waals surface area contributed by atoms with E-state index >= 15 is 0 Å². The molecular formula is C30H33F5N4O7. The van der Waals surface area contributed by atoms with E-state index in [1.54, 1.807) is 4.90 Å². The Bertz CT molecular complexity index is 1460. The molecule has 4 amide bonds. The smallest absolute Gasteiger partial charge is 0.422 e. The fourth-order valence-electron chi connectivity index (χ4n) is 4.48. The number of aliphatic imine (C=N–C) groups is 1. The minimum atomic E-state index is -6.29. The van der Waals surface area contributed by atoms with Crippen LogP contribution in [0.1, 0.15) is 55.3 Å². The van der Waals surface area contributed by atoms with Gasteiger partial charge < -0.3 is 19.7 Å². The summed E-state index contributed by atoms with van der Waals surface area (Å²) in [6.07, 6.45) is -4.07. The van der Waals surface area contributed by atoms with Gasteiger partial charge in [0.15, 0.2) is 0 Å². The quantitative estimate of drug-likeness (QED) is 0.230. The van der Waals surface area contributed by atoms with Gasteiger partial charge in [-0.05, 0) is 42.2 Å². The molecule has 0 spiro atoms. The first-order chi connectivity index (χ1) is 21.4. The Morgan fingerprint density at radius 2 is 1.50 bits per heavy atom. The third kappa shape index (κ3) is 7.84. The van der Waals surface area contributed by atoms with Crippen molar-refractivity contribution >= 4 is 35.3 Å². The average Bonchev–Trinajstić information content (AvgIpc) is 2.95. The van der Waals surface area contributed by atoms with Gasteiger partial charge in [-0.1, -0.05) is 27.7 Å². The van der Waals surface area contributed by atoms with Gasteiger partial charge >= 0.3 is 18.1 Å². The van der Waals surface area contributed by atoms with Gasteiger partial charge in [-0.3, -0.25) is 29.0 Å². The number of ether oxygens (including phenoxy) is 2. The summed E-state index contributed by atoms with van der Waals surface area (Å²) in [4.78, 5) is 70.5. The molecule has 1 aromatic carbocycles. The number of alkyl halides is 5. The highest BCUT2D eigenvalue weighted by molar-refractivity contribution is 6.47. The lowest BCUT2D eigenvalue weighted by Crippen LogP contribution is -2.55. The maximum absolute atomic E-state index is 14.9. The first-order valence-corrected chi connectivity index (χ1v) is 14.2. The fourth-order valence-corrected chi connectivity index (χ4v) is 4.48. The number of esters is 1. The molecule has 0 radical (unpaired) electrons. The molecule has 46 heavy (non-hydrogen) atoms. The third-order valence-electron chi connectivity index (χ3n) is 6.91. The number of carbonyl (C=O) groups is 5. The number of amides is 4. The van der Waals surface area contributed by atoms with Gasteiger partial charge in [-0.25, -0.2) is 4.90 Å². The Morgan fingerprint density at radius 3 is 1.93 bits per heavy atom. The molecule has 1 aromatic rings. The summed E-state index contributed by atoms with van der Waals surface area (Å²) in [6.45, 7) is 7.20. The lowest BCUT2D eigenvalue weighted by Gasteiger charge is -2.34. The number of allylic oxidation sites excluding steroid dienone is 2. The molecule has 2 aliphatic heterocycles. The molecular weight excluding hydrogens is 623 g/mol. The van der Waals surface area contributed by atoms with Crippen molar-refractivity contribution in [1.29, 1.82) is 0 Å². The molecule has 0 unspecified atom stereocenters. The van der Waals surface area contributed by atoms with E-state index in [1.807, 2.05) is 0 Å². The summed E-state index contributed by atoms with van der Waals surface area (Å²) in [6, 6.07) is 3.73. The Kier molecular flexibility index (Phi) is 11.2. The van der Waals surface area contributed by atoms with E-state index in [9.17, 15) is 45.9 Å². The SMILES string of the molecule is CC(=O)O/C(=C(/C(C)C)N(C(=O)C1=NC=C1)C(=O)[C@@H](NC(=O)c1ccc(C(=O)N2CCOCC2)cc1)C(C)C)C(F)(F)C(F)(F)F. The zero-order chi connectivity index (χ0) is 34.6. The Labute approximate surface area is 261 Å². The van der Waals surface area contributed by atoms with Crippen molar-refractivity contribution in [3.8, 4) is 0 Å². The molecule has 2 aliphatic rings. The van der Waals surface area contributed by atoms with Crippen molar-refractivity contribution in [2.45, 2.75) is 52.8 Å². The Morgan fingerprint density at radius 1 is 0.957 bits per heavy atom. The predicted octanol–water partition coefficient (Wildman–Crippen LogP) is 3.87. The van der Waals surface area contributed by atoms with Crippen LogP contribution in [-0.4, -0.2) is 89.6 Å². The molecule has 0 aliphatic carbocycles. The van der Waals surface area contributed by atoms with Crippen LogP contribution >= 0.6 is 0 Å². The van der Waals surface area contributed by atoms with Gasteiger partial charge in [0.25, 0.3) is 23.6 Å². The van der Waals surface area contributed by atoms with Crippen LogP contribution in [-0.2, 0) is 23.9 Å². The first-order valence-electron chi connectivity index (χ1n) is 14.2. The molecule has 16 heteroatoms. The van der Waals surface area contributed by atoms with Crippen LogP contribution in [0.15, 0.2) is 53.0 Å². The number of nitrogens with zero attached hydrogens (tertiary/aromatic N) is 3. The number of benzene rings is 1. The maximum Gasteiger partial charge on any atom is 0.461 e. The van der Waals surface area contributed by atoms with Crippen LogP contribution in [0.2, 0.25) is 0 Å². The number of rotatable bonds is 10. The van der Waals surface area contributed by atoms with E-state index in [1.165, 1.54) is 38.1 Å². The number of carbonyl (C=O) groups excluding carboxylic acids is 5. The van der Waals surface area contributed by atoms with Gasteiger partial charge in [0.05, 0.1) is 18.9 Å². The molecule has 1 fully saturated rings. The number of imide groups is 1. The van der Waals surface area contributed by atoms with E-state index in [-0.39, 0.29) is 21.9 Å². The average molecular weight is 657 g/mol. The summed E-state index contributed by atoms with van der Waals surface area (Å²) >= 11 is 0. The van der Waals surface area contributed by atoms with Crippen LogP contribution in [0.4, 0.5) is 22.0 Å². The molecule has 1 N–H and O–H groups in total. The van der Waals surface area contributed by atoms with Gasteiger partial charge in [-0.15, -0.1) is 0 Å². The second-order valence-electron chi connectivity index (χ2n) is 11.0. The van der Waals surface area contributed by atoms with Crippen molar-refractivity contribution in [2.75, 3.05) is 26.3 Å². The topological polar surface area (TPSA) is 135 Å². The summed E-state index contributed by atoms with van der Waals surface area (Å²) in [5.41, 5.74) is -1.46. The number of morpholine rings is 1. The molecule has 2 heterocycles. The Hall–Kier alpha value is -4.47. The monoisotopic (exact) mass is 656 g/mol. The fraction of sp³-hybridized carbons (Fsp3) is 0.467. The van der Waals surface area contributed by atoms with E-state index < -0.39 is 70.8 Å². The van der Waals surface area contributed by atoms with Gasteiger partial charge in [0.1, 0.15) is 11.8 Å². The molecule has 1 saturated heterocycles. The van der Waals surface area contributed by atoms with Crippen molar-refractivity contribution in [2.24, 2.45) is 16.8 Å². The normalized spacial score (nSPS) is 16.3. The molecule has 0 saturated carbocycles. The molecule has 250 valence electrons. The lowest BCUT2D eigenvalue weighted by molar-refractivity contribution is -0.276. The third-order valence-corrected chi connectivity index (χ3v) is 6.91. The van der Waals surface area contributed by atoms with E-state index in [0.717, 1.165) is 26.1 Å². The zero-order valence-electron chi connectivity index (χ0n) is 25.6. The largest absolute Gasteiger partial charge is 0.461 e. The van der Waals surface area contributed by atoms with Gasteiger partial charge in [0, 0.05) is 37.3 Å². The van der Waals surface area contributed by atoms with Crippen LogP contribution in [0.5, 0.6) is 0 Å². The summed E-state index contributed by atoms with van der Waals surface area (Å²) < 4.78 is 80.2.